The van der Waals surface area contributed by atoms with Crippen LogP contribution < -0.4 is 0 Å². The summed E-state index contributed by atoms with van der Waals surface area (Å²) in [7, 11) is 0. The SMILES string of the molecule is O=C(c1ncccn1)N1CC2(C[C@H](COCC3CC3)CCN2CC2CC2)C1. The lowest BCUT2D eigenvalue weighted by Gasteiger charge is -2.59. The minimum Gasteiger partial charge on any atom is -0.381 e. The Morgan fingerprint density at radius 2 is 1.74 bits per heavy atom. The largest absolute Gasteiger partial charge is 0.381 e. The van der Waals surface area contributed by atoms with Crippen molar-refractivity contribution in [2.45, 2.75) is 44.1 Å². The third-order valence-corrected chi connectivity index (χ3v) is 6.74. The number of amides is 1. The highest BCUT2D eigenvalue weighted by atomic mass is 16.5. The molecule has 2 aliphatic carbocycles. The first-order chi connectivity index (χ1) is 13.2. The van der Waals surface area contributed by atoms with Crippen LogP contribution in [0.2, 0.25) is 0 Å². The van der Waals surface area contributed by atoms with Gasteiger partial charge in [-0.15, -0.1) is 0 Å². The molecule has 0 N–H and O–H groups in total. The van der Waals surface area contributed by atoms with Crippen LogP contribution in [-0.2, 0) is 4.74 Å². The molecular formula is C21H30N4O2. The smallest absolute Gasteiger partial charge is 0.291 e. The van der Waals surface area contributed by atoms with E-state index in [0.29, 0.717) is 11.7 Å². The van der Waals surface area contributed by atoms with E-state index in [1.807, 2.05) is 4.90 Å². The summed E-state index contributed by atoms with van der Waals surface area (Å²) in [4.78, 5) is 25.6. The normalized spacial score (nSPS) is 27.6. The van der Waals surface area contributed by atoms with Crippen molar-refractivity contribution >= 4 is 5.91 Å². The van der Waals surface area contributed by atoms with Gasteiger partial charge in [0.1, 0.15) is 0 Å². The molecule has 0 bridgehead atoms. The van der Waals surface area contributed by atoms with Crippen LogP contribution in [0.25, 0.3) is 0 Å². The summed E-state index contributed by atoms with van der Waals surface area (Å²) in [5.41, 5.74) is 0.152. The molecule has 0 aromatic carbocycles. The minimum absolute atomic E-state index is 0.0281. The Kier molecular flexibility index (Phi) is 4.64. The fourth-order valence-electron chi connectivity index (χ4n) is 4.76. The van der Waals surface area contributed by atoms with Gasteiger partial charge in [0.05, 0.1) is 5.54 Å². The number of carbonyl (C=O) groups is 1. The first kappa shape index (κ1) is 17.6. The Morgan fingerprint density at radius 3 is 2.44 bits per heavy atom. The summed E-state index contributed by atoms with van der Waals surface area (Å²) < 4.78 is 6.01. The fourth-order valence-corrected chi connectivity index (χ4v) is 4.76. The number of carbonyl (C=O) groups excluding carboxylic acids is 1. The zero-order valence-electron chi connectivity index (χ0n) is 16.1. The highest BCUT2D eigenvalue weighted by molar-refractivity contribution is 5.91. The number of ether oxygens (including phenoxy) is 1. The van der Waals surface area contributed by atoms with E-state index in [2.05, 4.69) is 14.9 Å². The van der Waals surface area contributed by atoms with Gasteiger partial charge in [0.15, 0.2) is 0 Å². The first-order valence-corrected chi connectivity index (χ1v) is 10.6. The van der Waals surface area contributed by atoms with Crippen molar-refractivity contribution in [3.8, 4) is 0 Å². The zero-order valence-corrected chi connectivity index (χ0v) is 16.1. The Morgan fingerprint density at radius 1 is 1.04 bits per heavy atom. The molecule has 0 unspecified atom stereocenters. The standard InChI is InChI=1S/C21H30N4O2/c26-20(19-22-7-1-8-23-19)24-14-21(15-24)10-18(13-27-12-17-4-5-17)6-9-25(21)11-16-2-3-16/h1,7-8,16-18H,2-6,9-15H2/t18-/m1/s1. The Balaban J connectivity index is 1.21. The van der Waals surface area contributed by atoms with Gasteiger partial charge in [0.25, 0.3) is 5.91 Å². The second-order valence-electron chi connectivity index (χ2n) is 9.19. The zero-order chi connectivity index (χ0) is 18.3. The summed E-state index contributed by atoms with van der Waals surface area (Å²) in [6.07, 6.45) is 11.1. The van der Waals surface area contributed by atoms with Gasteiger partial charge in [-0.2, -0.15) is 0 Å². The number of hydrogen-bond donors (Lipinski definition) is 0. The molecule has 146 valence electrons. The molecule has 27 heavy (non-hydrogen) atoms. The van der Waals surface area contributed by atoms with Gasteiger partial charge < -0.3 is 9.64 Å². The number of likely N-dealkylation sites (tertiary alicyclic amines) is 2. The fraction of sp³-hybridized carbons (Fsp3) is 0.762. The van der Waals surface area contributed by atoms with E-state index in [1.165, 1.54) is 38.6 Å². The topological polar surface area (TPSA) is 58.6 Å². The second-order valence-corrected chi connectivity index (χ2v) is 9.19. The second kappa shape index (κ2) is 7.13. The molecule has 1 spiro atoms. The van der Waals surface area contributed by atoms with Crippen molar-refractivity contribution in [2.24, 2.45) is 17.8 Å². The molecule has 3 heterocycles. The highest BCUT2D eigenvalue weighted by Gasteiger charge is 2.53. The first-order valence-electron chi connectivity index (χ1n) is 10.6. The Hall–Kier alpha value is -1.53. The van der Waals surface area contributed by atoms with E-state index in [9.17, 15) is 4.79 Å². The van der Waals surface area contributed by atoms with Gasteiger partial charge in [-0.05, 0) is 68.9 Å². The van der Waals surface area contributed by atoms with Crippen LogP contribution >= 0.6 is 0 Å². The predicted octanol–water partition coefficient (Wildman–Crippen LogP) is 2.22. The van der Waals surface area contributed by atoms with E-state index < -0.39 is 0 Å². The van der Waals surface area contributed by atoms with E-state index in [-0.39, 0.29) is 11.4 Å². The van der Waals surface area contributed by atoms with Crippen LogP contribution in [-0.4, -0.2) is 70.6 Å². The monoisotopic (exact) mass is 370 g/mol. The summed E-state index contributed by atoms with van der Waals surface area (Å²) in [6.45, 7) is 5.83. The van der Waals surface area contributed by atoms with Crippen LogP contribution in [0, 0.1) is 17.8 Å². The lowest BCUT2D eigenvalue weighted by Crippen LogP contribution is -2.73. The molecule has 6 nitrogen and oxygen atoms in total. The van der Waals surface area contributed by atoms with Crippen LogP contribution in [0.1, 0.15) is 49.1 Å². The number of nitrogens with zero attached hydrogens (tertiary/aromatic N) is 4. The summed E-state index contributed by atoms with van der Waals surface area (Å²) in [5.74, 6) is 2.63. The van der Waals surface area contributed by atoms with Crippen LogP contribution in [0.15, 0.2) is 18.5 Å². The average molecular weight is 370 g/mol. The summed E-state index contributed by atoms with van der Waals surface area (Å²) in [6, 6.07) is 1.75. The van der Waals surface area contributed by atoms with Crippen molar-refractivity contribution in [2.75, 3.05) is 39.4 Å². The molecule has 1 aromatic heterocycles. The third-order valence-electron chi connectivity index (χ3n) is 6.74. The molecule has 6 heteroatoms. The number of hydrogen-bond acceptors (Lipinski definition) is 5. The predicted molar refractivity (Wildman–Crippen MR) is 101 cm³/mol. The number of piperidine rings is 1. The van der Waals surface area contributed by atoms with E-state index in [1.54, 1.807) is 18.5 Å². The highest BCUT2D eigenvalue weighted by Crippen LogP contribution is 2.42. The summed E-state index contributed by atoms with van der Waals surface area (Å²) in [5, 5.41) is 0. The van der Waals surface area contributed by atoms with Crippen molar-refractivity contribution in [1.82, 2.24) is 19.8 Å². The Labute approximate surface area is 161 Å². The van der Waals surface area contributed by atoms with Crippen molar-refractivity contribution in [1.29, 1.82) is 0 Å². The van der Waals surface area contributed by atoms with Crippen molar-refractivity contribution in [3.05, 3.63) is 24.3 Å². The minimum atomic E-state index is -0.0281. The summed E-state index contributed by atoms with van der Waals surface area (Å²) >= 11 is 0. The lowest BCUT2D eigenvalue weighted by atomic mass is 9.74. The molecule has 1 atom stereocenters. The third kappa shape index (κ3) is 3.87. The average Bonchev–Trinajstić information content (AvgIpc) is 3.57. The number of rotatable bonds is 7. The number of aromatic nitrogens is 2. The molecule has 1 amide bonds. The van der Waals surface area contributed by atoms with Gasteiger partial charge in [-0.3, -0.25) is 9.69 Å². The maximum absolute atomic E-state index is 12.7. The van der Waals surface area contributed by atoms with Crippen molar-refractivity contribution < 1.29 is 9.53 Å². The van der Waals surface area contributed by atoms with Gasteiger partial charge in [-0.1, -0.05) is 0 Å². The molecule has 1 aromatic rings. The van der Waals surface area contributed by atoms with Gasteiger partial charge in [0, 0.05) is 45.2 Å². The Bertz CT molecular complexity index is 668. The van der Waals surface area contributed by atoms with Crippen LogP contribution in [0.3, 0.4) is 0 Å². The molecule has 2 aliphatic heterocycles. The molecule has 2 saturated carbocycles. The van der Waals surface area contributed by atoms with Gasteiger partial charge in [0.2, 0.25) is 5.82 Å². The quantitative estimate of drug-likeness (QED) is 0.737. The maximum Gasteiger partial charge on any atom is 0.291 e. The van der Waals surface area contributed by atoms with E-state index in [4.69, 9.17) is 4.74 Å². The van der Waals surface area contributed by atoms with E-state index in [0.717, 1.165) is 51.1 Å². The molecule has 2 saturated heterocycles. The lowest BCUT2D eigenvalue weighted by molar-refractivity contribution is -0.0898. The van der Waals surface area contributed by atoms with Crippen LogP contribution in [0.4, 0.5) is 0 Å². The van der Waals surface area contributed by atoms with Gasteiger partial charge >= 0.3 is 0 Å². The van der Waals surface area contributed by atoms with Crippen molar-refractivity contribution in [3.63, 3.8) is 0 Å². The van der Waals surface area contributed by atoms with Gasteiger partial charge in [-0.25, -0.2) is 9.97 Å². The molecular weight excluding hydrogens is 340 g/mol. The molecule has 5 rings (SSSR count). The maximum atomic E-state index is 12.7. The molecule has 4 fully saturated rings. The van der Waals surface area contributed by atoms with E-state index >= 15 is 0 Å². The molecule has 4 aliphatic rings. The van der Waals surface area contributed by atoms with Crippen LogP contribution in [0.5, 0.6) is 0 Å². The molecule has 0 radical (unpaired) electrons.